The van der Waals surface area contributed by atoms with Crippen LogP contribution in [0.3, 0.4) is 0 Å². The molecule has 0 bridgehead atoms. The zero-order valence-corrected chi connectivity index (χ0v) is 8.44. The Morgan fingerprint density at radius 1 is 1.21 bits per heavy atom. The van der Waals surface area contributed by atoms with Gasteiger partial charge in [0, 0.05) is 5.92 Å². The van der Waals surface area contributed by atoms with Gasteiger partial charge in [0.05, 0.1) is 13.0 Å². The van der Waals surface area contributed by atoms with Crippen molar-refractivity contribution in [2.24, 2.45) is 23.7 Å². The lowest BCUT2D eigenvalue weighted by molar-refractivity contribution is -0.145. The van der Waals surface area contributed by atoms with Gasteiger partial charge in [-0.3, -0.25) is 4.79 Å². The monoisotopic (exact) mass is 196 g/mol. The fourth-order valence-electron chi connectivity index (χ4n) is 3.13. The molecule has 0 aromatic rings. The third-order valence-electron chi connectivity index (χ3n) is 3.78. The van der Waals surface area contributed by atoms with Crippen LogP contribution in [0.1, 0.15) is 25.7 Å². The van der Waals surface area contributed by atoms with Crippen LogP contribution in [-0.2, 0) is 14.3 Å². The number of hydrogen-bond donors (Lipinski definition) is 0. The Balaban J connectivity index is 1.93. The molecule has 3 nitrogen and oxygen atoms in total. The van der Waals surface area contributed by atoms with Crippen LogP contribution in [0, 0.1) is 23.7 Å². The van der Waals surface area contributed by atoms with E-state index in [1.165, 1.54) is 7.11 Å². The summed E-state index contributed by atoms with van der Waals surface area (Å²) in [6, 6.07) is 0. The molecule has 0 amide bonds. The zero-order valence-electron chi connectivity index (χ0n) is 8.44. The molecule has 0 N–H and O–H groups in total. The van der Waals surface area contributed by atoms with E-state index in [4.69, 9.17) is 4.74 Å². The maximum absolute atomic E-state index is 11.3. The van der Waals surface area contributed by atoms with E-state index in [2.05, 4.69) is 0 Å². The molecule has 0 spiro atoms. The predicted octanol–water partition coefficient (Wildman–Crippen LogP) is 1.41. The van der Waals surface area contributed by atoms with Gasteiger partial charge in [0.15, 0.2) is 0 Å². The van der Waals surface area contributed by atoms with Gasteiger partial charge in [0.25, 0.3) is 0 Å². The van der Waals surface area contributed by atoms with Crippen LogP contribution in [0.25, 0.3) is 0 Å². The molecular formula is C11H16O3. The third-order valence-corrected chi connectivity index (χ3v) is 3.78. The highest BCUT2D eigenvalue weighted by atomic mass is 16.5. The van der Waals surface area contributed by atoms with Crippen molar-refractivity contribution in [3.8, 4) is 0 Å². The van der Waals surface area contributed by atoms with Gasteiger partial charge in [0.1, 0.15) is 6.29 Å². The van der Waals surface area contributed by atoms with E-state index in [0.717, 1.165) is 32.0 Å². The smallest absolute Gasteiger partial charge is 0.308 e. The first kappa shape index (κ1) is 9.69. The van der Waals surface area contributed by atoms with Crippen LogP contribution in [0.5, 0.6) is 0 Å². The average molecular weight is 196 g/mol. The van der Waals surface area contributed by atoms with Gasteiger partial charge < -0.3 is 9.53 Å². The van der Waals surface area contributed by atoms with Gasteiger partial charge in [-0.2, -0.15) is 0 Å². The summed E-state index contributed by atoms with van der Waals surface area (Å²) in [5, 5.41) is 0. The van der Waals surface area contributed by atoms with Crippen LogP contribution in [0.2, 0.25) is 0 Å². The number of aldehydes is 1. The first-order valence-corrected chi connectivity index (χ1v) is 5.27. The van der Waals surface area contributed by atoms with Crippen molar-refractivity contribution in [2.45, 2.75) is 25.7 Å². The molecule has 0 aromatic heterocycles. The number of carbonyl (C=O) groups excluding carboxylic acids is 2. The van der Waals surface area contributed by atoms with Crippen LogP contribution in [0.4, 0.5) is 0 Å². The summed E-state index contributed by atoms with van der Waals surface area (Å²) in [7, 11) is 1.45. The van der Waals surface area contributed by atoms with Gasteiger partial charge in [-0.25, -0.2) is 0 Å². The van der Waals surface area contributed by atoms with E-state index < -0.39 is 0 Å². The summed E-state index contributed by atoms with van der Waals surface area (Å²) in [5.41, 5.74) is 0. The average Bonchev–Trinajstić information content (AvgIpc) is 2.72. The minimum absolute atomic E-state index is 0.0675. The molecule has 2 atom stereocenters. The molecule has 0 aliphatic heterocycles. The molecule has 0 heterocycles. The largest absolute Gasteiger partial charge is 0.469 e. The lowest BCUT2D eigenvalue weighted by atomic mass is 9.99. The second-order valence-electron chi connectivity index (χ2n) is 4.58. The fourth-order valence-corrected chi connectivity index (χ4v) is 3.13. The summed E-state index contributed by atoms with van der Waals surface area (Å²) in [6.07, 6.45) is 4.91. The van der Waals surface area contributed by atoms with Crippen molar-refractivity contribution in [1.29, 1.82) is 0 Å². The van der Waals surface area contributed by atoms with Crippen molar-refractivity contribution in [3.63, 3.8) is 0 Å². The van der Waals surface area contributed by atoms with Crippen LogP contribution in [-0.4, -0.2) is 19.4 Å². The fraction of sp³-hybridized carbons (Fsp3) is 0.818. The maximum atomic E-state index is 11.3. The lowest BCUT2D eigenvalue weighted by Crippen LogP contribution is -2.14. The van der Waals surface area contributed by atoms with E-state index in [-0.39, 0.29) is 17.8 Å². The van der Waals surface area contributed by atoms with E-state index in [9.17, 15) is 9.59 Å². The molecule has 2 unspecified atom stereocenters. The van der Waals surface area contributed by atoms with E-state index in [1.54, 1.807) is 0 Å². The summed E-state index contributed by atoms with van der Waals surface area (Å²) >= 11 is 0. The van der Waals surface area contributed by atoms with E-state index in [1.807, 2.05) is 0 Å². The van der Waals surface area contributed by atoms with E-state index >= 15 is 0 Å². The van der Waals surface area contributed by atoms with Gasteiger partial charge in [-0.05, 0) is 37.5 Å². The number of esters is 1. The Labute approximate surface area is 83.8 Å². The molecule has 78 valence electrons. The van der Waals surface area contributed by atoms with Crippen molar-refractivity contribution in [1.82, 2.24) is 0 Å². The van der Waals surface area contributed by atoms with Gasteiger partial charge in [-0.15, -0.1) is 0 Å². The molecule has 2 saturated carbocycles. The van der Waals surface area contributed by atoms with E-state index in [0.29, 0.717) is 11.8 Å². The minimum atomic E-state index is -0.0675. The Bertz CT molecular complexity index is 235. The lowest BCUT2D eigenvalue weighted by Gasteiger charge is -2.08. The SMILES string of the molecule is COC(=O)C1CC2CC(C=O)CC2C1. The number of methoxy groups -OCH3 is 1. The second-order valence-corrected chi connectivity index (χ2v) is 4.58. The number of carbonyl (C=O) groups is 2. The molecule has 3 heteroatoms. The predicted molar refractivity (Wildman–Crippen MR) is 50.5 cm³/mol. The van der Waals surface area contributed by atoms with Crippen molar-refractivity contribution in [3.05, 3.63) is 0 Å². The van der Waals surface area contributed by atoms with Crippen molar-refractivity contribution in [2.75, 3.05) is 7.11 Å². The second kappa shape index (κ2) is 3.71. The first-order valence-electron chi connectivity index (χ1n) is 5.27. The molecular weight excluding hydrogens is 180 g/mol. The summed E-state index contributed by atoms with van der Waals surface area (Å²) in [6.45, 7) is 0. The van der Waals surface area contributed by atoms with Gasteiger partial charge in [0.2, 0.25) is 0 Å². The normalized spacial score (nSPS) is 40.6. The zero-order chi connectivity index (χ0) is 10.1. The molecule has 0 aromatic carbocycles. The number of rotatable bonds is 2. The number of hydrogen-bond acceptors (Lipinski definition) is 3. The maximum Gasteiger partial charge on any atom is 0.308 e. The highest BCUT2D eigenvalue weighted by Gasteiger charge is 2.44. The summed E-state index contributed by atoms with van der Waals surface area (Å²) in [4.78, 5) is 21.9. The summed E-state index contributed by atoms with van der Waals surface area (Å²) in [5.74, 6) is 1.47. The topological polar surface area (TPSA) is 43.4 Å². The van der Waals surface area contributed by atoms with Crippen molar-refractivity contribution < 1.29 is 14.3 Å². The Morgan fingerprint density at radius 2 is 1.79 bits per heavy atom. The highest BCUT2D eigenvalue weighted by Crippen LogP contribution is 2.48. The molecule has 0 saturated heterocycles. The quantitative estimate of drug-likeness (QED) is 0.495. The molecule has 2 rings (SSSR count). The Kier molecular flexibility index (Phi) is 2.57. The highest BCUT2D eigenvalue weighted by molar-refractivity contribution is 5.72. The molecule has 0 radical (unpaired) electrons. The van der Waals surface area contributed by atoms with Crippen LogP contribution >= 0.6 is 0 Å². The standard InChI is InChI=1S/C11H16O3/c1-14-11(13)10-4-8-2-7(6-12)3-9(8)5-10/h6-10H,2-5H2,1H3. The Hall–Kier alpha value is -0.860. The van der Waals surface area contributed by atoms with Gasteiger partial charge in [-0.1, -0.05) is 0 Å². The van der Waals surface area contributed by atoms with Gasteiger partial charge >= 0.3 is 5.97 Å². The van der Waals surface area contributed by atoms with Crippen molar-refractivity contribution >= 4 is 12.3 Å². The molecule has 2 fully saturated rings. The number of ether oxygens (including phenoxy) is 1. The summed E-state index contributed by atoms with van der Waals surface area (Å²) < 4.78 is 4.74. The molecule has 2 aliphatic rings. The minimum Gasteiger partial charge on any atom is -0.469 e. The first-order chi connectivity index (χ1) is 6.74. The van der Waals surface area contributed by atoms with Crippen LogP contribution < -0.4 is 0 Å². The molecule has 14 heavy (non-hydrogen) atoms. The third kappa shape index (κ3) is 1.56. The number of fused-ring (bicyclic) bond motifs is 1. The molecule has 2 aliphatic carbocycles. The van der Waals surface area contributed by atoms with Crippen LogP contribution in [0.15, 0.2) is 0 Å². The Morgan fingerprint density at radius 3 is 2.21 bits per heavy atom.